The first kappa shape index (κ1) is 18.2. The van der Waals surface area contributed by atoms with E-state index in [1.54, 1.807) is 0 Å². The molecule has 0 radical (unpaired) electrons. The number of furan rings is 1. The number of para-hydroxylation sites is 2. The first-order valence-corrected chi connectivity index (χ1v) is 9.69. The largest absolute Gasteiger partial charge is 0.454 e. The summed E-state index contributed by atoms with van der Waals surface area (Å²) < 4.78 is 6.30. The van der Waals surface area contributed by atoms with Gasteiger partial charge in [-0.25, -0.2) is 0 Å². The maximum Gasteiger partial charge on any atom is 0.159 e. The van der Waals surface area contributed by atoms with Crippen LogP contribution in [0.3, 0.4) is 0 Å². The van der Waals surface area contributed by atoms with Gasteiger partial charge >= 0.3 is 0 Å². The molecule has 0 spiro atoms. The van der Waals surface area contributed by atoms with E-state index in [9.17, 15) is 0 Å². The topological polar surface area (TPSA) is 19.6 Å². The predicted molar refractivity (Wildman–Crippen MR) is 120 cm³/mol. The van der Waals surface area contributed by atoms with Crippen molar-refractivity contribution in [2.75, 3.05) is 23.9 Å². The fourth-order valence-corrected chi connectivity index (χ4v) is 3.64. The summed E-state index contributed by atoms with van der Waals surface area (Å²) >= 11 is 0. The summed E-state index contributed by atoms with van der Waals surface area (Å²) in [6.45, 7) is 4.45. The molecule has 0 aliphatic carbocycles. The molecule has 0 atom stereocenters. The molecule has 0 N–H and O–H groups in total. The minimum Gasteiger partial charge on any atom is -0.454 e. The van der Waals surface area contributed by atoms with E-state index in [4.69, 9.17) is 4.42 Å². The van der Waals surface area contributed by atoms with Crippen LogP contribution >= 0.6 is 0 Å². The van der Waals surface area contributed by atoms with E-state index >= 15 is 0 Å². The van der Waals surface area contributed by atoms with Crippen molar-refractivity contribution in [3.63, 3.8) is 0 Å². The van der Waals surface area contributed by atoms with Crippen LogP contribution in [0.5, 0.6) is 0 Å². The standard InChI is InChI=1S/C25H26N2O/c1-18(2)20-14-15-22-21-12-8-9-13-23(21)28-25(22)24(20)27(4)17-16-26(3)19-10-6-5-7-11-19/h5-18H,1-4H3/b17-16-. The molecule has 0 fully saturated rings. The summed E-state index contributed by atoms with van der Waals surface area (Å²) in [7, 11) is 4.15. The molecule has 1 aromatic heterocycles. The van der Waals surface area contributed by atoms with Gasteiger partial charge in [0, 0.05) is 43.0 Å². The summed E-state index contributed by atoms with van der Waals surface area (Å²) in [4.78, 5) is 4.28. The highest BCUT2D eigenvalue weighted by Gasteiger charge is 2.18. The number of anilines is 2. The third-order valence-corrected chi connectivity index (χ3v) is 5.20. The van der Waals surface area contributed by atoms with Gasteiger partial charge in [0.15, 0.2) is 5.58 Å². The maximum atomic E-state index is 6.30. The molecule has 4 aromatic rings. The van der Waals surface area contributed by atoms with Gasteiger partial charge in [-0.05, 0) is 29.7 Å². The molecule has 0 bridgehead atoms. The average molecular weight is 370 g/mol. The van der Waals surface area contributed by atoms with Crippen LogP contribution in [0.25, 0.3) is 21.9 Å². The lowest BCUT2D eigenvalue weighted by Crippen LogP contribution is -2.15. The average Bonchev–Trinajstić information content (AvgIpc) is 3.10. The molecule has 0 unspecified atom stereocenters. The van der Waals surface area contributed by atoms with E-state index in [0.717, 1.165) is 33.3 Å². The highest BCUT2D eigenvalue weighted by molar-refractivity contribution is 6.09. The van der Waals surface area contributed by atoms with Gasteiger partial charge in [-0.2, -0.15) is 0 Å². The van der Waals surface area contributed by atoms with E-state index in [0.29, 0.717) is 5.92 Å². The zero-order valence-corrected chi connectivity index (χ0v) is 16.9. The van der Waals surface area contributed by atoms with Crippen LogP contribution < -0.4 is 9.80 Å². The van der Waals surface area contributed by atoms with E-state index in [1.807, 2.05) is 18.2 Å². The van der Waals surface area contributed by atoms with E-state index in [-0.39, 0.29) is 0 Å². The molecule has 4 rings (SSSR count). The molecule has 0 aliphatic heterocycles. The number of rotatable bonds is 5. The molecule has 3 nitrogen and oxygen atoms in total. The fourth-order valence-electron chi connectivity index (χ4n) is 3.64. The molecule has 1 heterocycles. The van der Waals surface area contributed by atoms with Crippen molar-refractivity contribution in [3.05, 3.63) is 84.7 Å². The molecule has 3 aromatic carbocycles. The van der Waals surface area contributed by atoms with Gasteiger partial charge in [-0.1, -0.05) is 62.4 Å². The van der Waals surface area contributed by atoms with Crippen LogP contribution in [-0.4, -0.2) is 14.1 Å². The van der Waals surface area contributed by atoms with Gasteiger partial charge in [0.05, 0.1) is 5.69 Å². The van der Waals surface area contributed by atoms with Crippen molar-refractivity contribution in [3.8, 4) is 0 Å². The Bertz CT molecular complexity index is 1130. The molecule has 28 heavy (non-hydrogen) atoms. The highest BCUT2D eigenvalue weighted by atomic mass is 16.3. The Morgan fingerprint density at radius 2 is 1.43 bits per heavy atom. The van der Waals surface area contributed by atoms with E-state index < -0.39 is 0 Å². The van der Waals surface area contributed by atoms with Crippen LogP contribution in [0, 0.1) is 0 Å². The molecule has 0 saturated carbocycles. The van der Waals surface area contributed by atoms with Crippen LogP contribution in [0.15, 0.2) is 83.5 Å². The first-order chi connectivity index (χ1) is 13.6. The van der Waals surface area contributed by atoms with Crippen molar-refractivity contribution in [2.45, 2.75) is 19.8 Å². The number of nitrogens with zero attached hydrogens (tertiary/aromatic N) is 2. The lowest BCUT2D eigenvalue weighted by atomic mass is 9.98. The van der Waals surface area contributed by atoms with Gasteiger partial charge in [-0.3, -0.25) is 0 Å². The molecular formula is C25H26N2O. The van der Waals surface area contributed by atoms with Crippen LogP contribution in [-0.2, 0) is 0 Å². The smallest absolute Gasteiger partial charge is 0.159 e. The van der Waals surface area contributed by atoms with Gasteiger partial charge in [0.2, 0.25) is 0 Å². The summed E-state index contributed by atoms with van der Waals surface area (Å²) in [6, 6.07) is 23.0. The van der Waals surface area contributed by atoms with Gasteiger partial charge < -0.3 is 14.2 Å². The zero-order valence-electron chi connectivity index (χ0n) is 16.9. The van der Waals surface area contributed by atoms with Crippen molar-refractivity contribution < 1.29 is 4.42 Å². The third kappa shape index (κ3) is 3.24. The fraction of sp³-hybridized carbons (Fsp3) is 0.200. The van der Waals surface area contributed by atoms with Crippen LogP contribution in [0.1, 0.15) is 25.3 Å². The molecule has 142 valence electrons. The second-order valence-corrected chi connectivity index (χ2v) is 7.49. The van der Waals surface area contributed by atoms with E-state index in [2.05, 4.69) is 98.7 Å². The number of hydrogen-bond acceptors (Lipinski definition) is 3. The lowest BCUT2D eigenvalue weighted by molar-refractivity contribution is 0.667. The van der Waals surface area contributed by atoms with Crippen molar-refractivity contribution in [1.29, 1.82) is 0 Å². The SMILES string of the molecule is CC(C)c1ccc2c(oc3ccccc32)c1N(C)/C=C\N(C)c1ccccc1. The lowest BCUT2D eigenvalue weighted by Gasteiger charge is -2.22. The molecule has 0 saturated heterocycles. The Hall–Kier alpha value is -3.20. The van der Waals surface area contributed by atoms with Crippen LogP contribution in [0.4, 0.5) is 11.4 Å². The summed E-state index contributed by atoms with van der Waals surface area (Å²) in [5, 5.41) is 2.32. The Balaban J connectivity index is 1.79. The summed E-state index contributed by atoms with van der Waals surface area (Å²) in [5.41, 5.74) is 5.43. The maximum absolute atomic E-state index is 6.30. The molecule has 0 amide bonds. The van der Waals surface area contributed by atoms with Gasteiger partial charge in [0.25, 0.3) is 0 Å². The Kier molecular flexibility index (Phi) is 4.82. The molecule has 0 aliphatic rings. The Morgan fingerprint density at radius 1 is 0.750 bits per heavy atom. The summed E-state index contributed by atoms with van der Waals surface area (Å²) in [6.07, 6.45) is 4.18. The van der Waals surface area contributed by atoms with Gasteiger partial charge in [0.1, 0.15) is 5.58 Å². The first-order valence-electron chi connectivity index (χ1n) is 9.69. The number of fused-ring (bicyclic) bond motifs is 3. The zero-order chi connectivity index (χ0) is 19.7. The third-order valence-electron chi connectivity index (χ3n) is 5.20. The number of hydrogen-bond donors (Lipinski definition) is 0. The Labute approximate surface area is 166 Å². The second kappa shape index (κ2) is 7.43. The highest BCUT2D eigenvalue weighted by Crippen LogP contribution is 2.39. The number of benzene rings is 3. The quantitative estimate of drug-likeness (QED) is 0.387. The van der Waals surface area contributed by atoms with Crippen molar-refractivity contribution >= 4 is 33.3 Å². The Morgan fingerprint density at radius 3 is 2.18 bits per heavy atom. The minimum atomic E-state index is 0.398. The van der Waals surface area contributed by atoms with Gasteiger partial charge in [-0.15, -0.1) is 0 Å². The second-order valence-electron chi connectivity index (χ2n) is 7.49. The van der Waals surface area contributed by atoms with Crippen LogP contribution in [0.2, 0.25) is 0 Å². The monoisotopic (exact) mass is 370 g/mol. The molecule has 3 heteroatoms. The predicted octanol–water partition coefficient (Wildman–Crippen LogP) is 6.75. The summed E-state index contributed by atoms with van der Waals surface area (Å²) in [5.74, 6) is 0.398. The normalized spacial score (nSPS) is 11.8. The minimum absolute atomic E-state index is 0.398. The molecular weight excluding hydrogens is 344 g/mol. The van der Waals surface area contributed by atoms with E-state index in [1.165, 1.54) is 5.56 Å². The van der Waals surface area contributed by atoms with Crippen molar-refractivity contribution in [1.82, 2.24) is 0 Å². The van der Waals surface area contributed by atoms with Crippen molar-refractivity contribution in [2.24, 2.45) is 0 Å².